The summed E-state index contributed by atoms with van der Waals surface area (Å²) in [5.41, 5.74) is 0. The molecule has 0 aliphatic carbocycles. The molecule has 0 aromatic rings. The summed E-state index contributed by atoms with van der Waals surface area (Å²) in [7, 11) is 0. The van der Waals surface area contributed by atoms with Gasteiger partial charge in [-0.15, -0.1) is 0 Å². The van der Waals surface area contributed by atoms with Gasteiger partial charge in [0.05, 0.1) is 0 Å². The Labute approximate surface area is 386 Å². The number of carbonyl (C=O) groups excluding carboxylic acids is 3. The van der Waals surface area contributed by atoms with E-state index in [-0.39, 0.29) is 44.0 Å². The van der Waals surface area contributed by atoms with E-state index >= 15 is 0 Å². The van der Waals surface area contributed by atoms with Crippen molar-refractivity contribution in [3.8, 4) is 0 Å². The normalized spacial score (nSPS) is 13.1. The summed E-state index contributed by atoms with van der Waals surface area (Å²) in [6.45, 7) is 6.24. The van der Waals surface area contributed by atoms with E-state index in [1.807, 2.05) is 79.0 Å². The third-order valence-corrected chi connectivity index (χ3v) is 10.2. The monoisotopic (exact) mass is 871 g/mol. The van der Waals surface area contributed by atoms with Crippen LogP contribution >= 0.6 is 0 Å². The average molecular weight is 871 g/mol. The Morgan fingerprint density at radius 3 is 1.08 bits per heavy atom. The fourth-order valence-corrected chi connectivity index (χ4v) is 6.42. The molecule has 6 nitrogen and oxygen atoms in total. The van der Waals surface area contributed by atoms with Crippen molar-refractivity contribution in [3.63, 3.8) is 0 Å². The minimum atomic E-state index is -0.824. The van der Waals surface area contributed by atoms with E-state index in [4.69, 9.17) is 14.2 Å². The molecular weight excluding hydrogens is 781 g/mol. The first kappa shape index (κ1) is 58.8. The maximum absolute atomic E-state index is 12.8. The summed E-state index contributed by atoms with van der Waals surface area (Å²) in [5.74, 6) is -1.03. The van der Waals surface area contributed by atoms with E-state index in [0.29, 0.717) is 12.8 Å². The molecule has 0 N–H and O–H groups in total. The molecular formula is C57H90O6. The van der Waals surface area contributed by atoms with Crippen molar-refractivity contribution in [1.82, 2.24) is 0 Å². The predicted molar refractivity (Wildman–Crippen MR) is 269 cm³/mol. The molecule has 0 fully saturated rings. The Balaban J connectivity index is 4.53. The first-order chi connectivity index (χ1) is 31.0. The summed E-state index contributed by atoms with van der Waals surface area (Å²) in [4.78, 5) is 37.9. The van der Waals surface area contributed by atoms with Gasteiger partial charge >= 0.3 is 17.9 Å². The van der Waals surface area contributed by atoms with E-state index in [9.17, 15) is 14.4 Å². The van der Waals surface area contributed by atoms with Gasteiger partial charge in [0, 0.05) is 19.3 Å². The van der Waals surface area contributed by atoms with Gasteiger partial charge in [-0.1, -0.05) is 226 Å². The highest BCUT2D eigenvalue weighted by Crippen LogP contribution is 2.13. The quantitative estimate of drug-likeness (QED) is 0.0200. The zero-order valence-electron chi connectivity index (χ0n) is 40.3. The highest BCUT2D eigenvalue weighted by atomic mass is 16.6. The fourth-order valence-electron chi connectivity index (χ4n) is 6.42. The molecule has 0 aliphatic heterocycles. The summed E-state index contributed by atoms with van der Waals surface area (Å²) in [6, 6.07) is 0. The number of rotatable bonds is 43. The molecule has 0 aromatic carbocycles. The average Bonchev–Trinajstić information content (AvgIpc) is 3.28. The van der Waals surface area contributed by atoms with Gasteiger partial charge in [-0.05, 0) is 77.0 Å². The number of hydrogen-bond acceptors (Lipinski definition) is 6. The Bertz CT molecular complexity index is 1370. The lowest BCUT2D eigenvalue weighted by atomic mass is 10.1. The lowest BCUT2D eigenvalue weighted by Gasteiger charge is -2.18. The van der Waals surface area contributed by atoms with Gasteiger partial charge in [0.2, 0.25) is 0 Å². The van der Waals surface area contributed by atoms with Crippen LogP contribution in [0.1, 0.15) is 201 Å². The molecule has 0 spiro atoms. The summed E-state index contributed by atoms with van der Waals surface area (Å²) in [5, 5.41) is 0. The molecule has 1 unspecified atom stereocenters. The molecule has 0 aromatic heterocycles. The van der Waals surface area contributed by atoms with Gasteiger partial charge < -0.3 is 14.2 Å². The maximum atomic E-state index is 12.8. The van der Waals surface area contributed by atoms with Crippen molar-refractivity contribution >= 4 is 17.9 Å². The van der Waals surface area contributed by atoms with Crippen LogP contribution in [0.15, 0.2) is 122 Å². The summed E-state index contributed by atoms with van der Waals surface area (Å²) in [6.07, 6.45) is 69.0. The number of unbranched alkanes of at least 4 members (excludes halogenated alkanes) is 19. The molecule has 6 heteroatoms. The number of ether oxygens (including phenoxy) is 3. The number of carbonyl (C=O) groups is 3. The number of hydrogen-bond donors (Lipinski definition) is 0. The Kier molecular flexibility index (Phi) is 47.1. The number of allylic oxidation sites excluding steroid dienone is 20. The lowest BCUT2D eigenvalue weighted by molar-refractivity contribution is -0.167. The minimum absolute atomic E-state index is 0.116. The van der Waals surface area contributed by atoms with Gasteiger partial charge in [0.25, 0.3) is 0 Å². The van der Waals surface area contributed by atoms with Crippen LogP contribution in [0.25, 0.3) is 0 Å². The standard InChI is InChI=1S/C57H90O6/c1-4-7-10-13-16-19-22-25-27-28-30-32-35-38-41-44-47-50-56(59)62-53-54(52-61-55(58)49-46-43-40-37-34-31-24-21-18-15-12-9-6-3)63-57(60)51-48-45-42-39-36-33-29-26-23-20-17-14-11-8-5-2/h8-9,11-12,14-15,17-18,20-21,23-27,29,31,34,37,40,54H,4-7,10,13,16,19,22,28,30,32-33,35-36,38-39,41-53H2,1-3H3/b11-8-,12-9-,17-14-,18-15-,23-20-,24-21-,27-25-,29-26-,34-31-,40-37-. The first-order valence-electron chi connectivity index (χ1n) is 25.2. The van der Waals surface area contributed by atoms with Crippen LogP contribution in [-0.4, -0.2) is 37.2 Å². The molecule has 0 aliphatic rings. The van der Waals surface area contributed by atoms with Crippen molar-refractivity contribution in [2.75, 3.05) is 13.2 Å². The van der Waals surface area contributed by atoms with Gasteiger partial charge in [-0.2, -0.15) is 0 Å². The highest BCUT2D eigenvalue weighted by Gasteiger charge is 2.19. The molecule has 63 heavy (non-hydrogen) atoms. The van der Waals surface area contributed by atoms with Crippen LogP contribution in [0.4, 0.5) is 0 Å². The smallest absolute Gasteiger partial charge is 0.306 e. The molecule has 0 heterocycles. The third kappa shape index (κ3) is 48.7. The zero-order valence-corrected chi connectivity index (χ0v) is 40.3. The Morgan fingerprint density at radius 1 is 0.333 bits per heavy atom. The second-order valence-electron chi connectivity index (χ2n) is 16.2. The third-order valence-electron chi connectivity index (χ3n) is 10.2. The zero-order chi connectivity index (χ0) is 45.8. The van der Waals surface area contributed by atoms with Crippen molar-refractivity contribution in [3.05, 3.63) is 122 Å². The van der Waals surface area contributed by atoms with Gasteiger partial charge in [0.15, 0.2) is 6.10 Å². The van der Waals surface area contributed by atoms with Crippen LogP contribution in [-0.2, 0) is 28.6 Å². The van der Waals surface area contributed by atoms with Crippen LogP contribution in [0, 0.1) is 0 Å². The second kappa shape index (κ2) is 50.5. The molecule has 0 radical (unpaired) electrons. The van der Waals surface area contributed by atoms with E-state index in [2.05, 4.69) is 63.3 Å². The van der Waals surface area contributed by atoms with E-state index < -0.39 is 6.10 Å². The summed E-state index contributed by atoms with van der Waals surface area (Å²) < 4.78 is 16.7. The maximum Gasteiger partial charge on any atom is 0.306 e. The van der Waals surface area contributed by atoms with Crippen molar-refractivity contribution in [1.29, 1.82) is 0 Å². The molecule has 1 atom stereocenters. The van der Waals surface area contributed by atoms with E-state index in [0.717, 1.165) is 77.0 Å². The van der Waals surface area contributed by atoms with Crippen molar-refractivity contribution in [2.45, 2.75) is 207 Å². The van der Waals surface area contributed by atoms with Gasteiger partial charge in [-0.3, -0.25) is 14.4 Å². The summed E-state index contributed by atoms with van der Waals surface area (Å²) >= 11 is 0. The van der Waals surface area contributed by atoms with Crippen LogP contribution in [0.2, 0.25) is 0 Å². The van der Waals surface area contributed by atoms with Crippen LogP contribution < -0.4 is 0 Å². The topological polar surface area (TPSA) is 78.9 Å². The van der Waals surface area contributed by atoms with Crippen molar-refractivity contribution < 1.29 is 28.6 Å². The predicted octanol–water partition coefficient (Wildman–Crippen LogP) is 16.5. The van der Waals surface area contributed by atoms with E-state index in [1.54, 1.807) is 0 Å². The molecule has 0 saturated heterocycles. The lowest BCUT2D eigenvalue weighted by Crippen LogP contribution is -2.30. The van der Waals surface area contributed by atoms with Crippen LogP contribution in [0.5, 0.6) is 0 Å². The largest absolute Gasteiger partial charge is 0.462 e. The Morgan fingerprint density at radius 2 is 0.651 bits per heavy atom. The molecule has 0 bridgehead atoms. The second-order valence-corrected chi connectivity index (χ2v) is 16.2. The molecule has 0 saturated carbocycles. The van der Waals surface area contributed by atoms with Crippen LogP contribution in [0.3, 0.4) is 0 Å². The molecule has 0 rings (SSSR count). The number of esters is 3. The molecule has 0 amide bonds. The SMILES string of the molecule is CC\C=C/C=C\C=C/C=C\C=C/CCCC(=O)OCC(COC(=O)CCCCCCCCC/C=C\CCCCCCCC)OC(=O)CCCCCCC\C=C/C=C\C=C/C=C\CC. The minimum Gasteiger partial charge on any atom is -0.462 e. The first-order valence-corrected chi connectivity index (χ1v) is 25.2. The van der Waals surface area contributed by atoms with Gasteiger partial charge in [-0.25, -0.2) is 0 Å². The van der Waals surface area contributed by atoms with Crippen molar-refractivity contribution in [2.24, 2.45) is 0 Å². The highest BCUT2D eigenvalue weighted by molar-refractivity contribution is 5.71. The molecule has 354 valence electrons. The van der Waals surface area contributed by atoms with E-state index in [1.165, 1.54) is 77.0 Å². The fraction of sp³-hybridized carbons (Fsp3) is 0.596. The van der Waals surface area contributed by atoms with Gasteiger partial charge in [0.1, 0.15) is 13.2 Å². The Hall–Kier alpha value is -4.19.